The molecule has 1 atom stereocenters. The predicted octanol–water partition coefficient (Wildman–Crippen LogP) is 3.00. The Labute approximate surface area is 100 Å². The lowest BCUT2D eigenvalue weighted by atomic mass is 10.2. The van der Waals surface area contributed by atoms with Gasteiger partial charge in [0.05, 0.1) is 11.6 Å². The highest BCUT2D eigenvalue weighted by Crippen LogP contribution is 2.23. The van der Waals surface area contributed by atoms with E-state index in [9.17, 15) is 4.39 Å². The Balaban J connectivity index is 2.65. The fourth-order valence-electron chi connectivity index (χ4n) is 2.06. The van der Waals surface area contributed by atoms with E-state index in [1.54, 1.807) is 6.07 Å². The van der Waals surface area contributed by atoms with Crippen LogP contribution >= 0.6 is 0 Å². The van der Waals surface area contributed by atoms with E-state index in [4.69, 9.17) is 5.73 Å². The number of fused-ring (bicyclic) bond motifs is 1. The van der Waals surface area contributed by atoms with E-state index in [2.05, 4.69) is 11.9 Å². The van der Waals surface area contributed by atoms with Crippen LogP contribution in [-0.4, -0.2) is 9.55 Å². The molecule has 0 saturated heterocycles. The summed E-state index contributed by atoms with van der Waals surface area (Å²) < 4.78 is 15.7. The summed E-state index contributed by atoms with van der Waals surface area (Å²) in [6.07, 6.45) is 1.78. The summed E-state index contributed by atoms with van der Waals surface area (Å²) in [6.45, 7) is 4.92. The Kier molecular flexibility index (Phi) is 3.43. The number of nitrogens with two attached hydrogens (primary N) is 1. The standard InChI is InChI=1S/C13H18FN3/c1-3-8-17-11-7-5-6-9(14)12(11)16-13(17)10(15)4-2/h5-7,10H,3-4,8,15H2,1-2H3. The van der Waals surface area contributed by atoms with Gasteiger partial charge in [-0.1, -0.05) is 19.9 Å². The smallest absolute Gasteiger partial charge is 0.151 e. The topological polar surface area (TPSA) is 43.8 Å². The zero-order valence-electron chi connectivity index (χ0n) is 10.3. The fourth-order valence-corrected chi connectivity index (χ4v) is 2.06. The first-order chi connectivity index (χ1) is 8.19. The highest BCUT2D eigenvalue weighted by atomic mass is 19.1. The summed E-state index contributed by atoms with van der Waals surface area (Å²) >= 11 is 0. The fraction of sp³-hybridized carbons (Fsp3) is 0.462. The van der Waals surface area contributed by atoms with Crippen LogP contribution in [0.4, 0.5) is 4.39 Å². The molecule has 4 heteroatoms. The molecule has 1 aromatic heterocycles. The number of hydrogen-bond donors (Lipinski definition) is 1. The monoisotopic (exact) mass is 235 g/mol. The van der Waals surface area contributed by atoms with Crippen LogP contribution < -0.4 is 5.73 Å². The van der Waals surface area contributed by atoms with Crippen LogP contribution in [0.15, 0.2) is 18.2 Å². The van der Waals surface area contributed by atoms with Crippen molar-refractivity contribution in [2.24, 2.45) is 5.73 Å². The molecule has 1 heterocycles. The molecule has 0 aliphatic rings. The minimum absolute atomic E-state index is 0.131. The normalized spacial score (nSPS) is 13.2. The Morgan fingerprint density at radius 1 is 1.41 bits per heavy atom. The number of nitrogens with zero attached hydrogens (tertiary/aromatic N) is 2. The van der Waals surface area contributed by atoms with Gasteiger partial charge in [0.25, 0.3) is 0 Å². The molecule has 0 radical (unpaired) electrons. The van der Waals surface area contributed by atoms with Crippen LogP contribution in [0.3, 0.4) is 0 Å². The van der Waals surface area contributed by atoms with Crippen molar-refractivity contribution in [3.05, 3.63) is 29.8 Å². The average molecular weight is 235 g/mol. The summed E-state index contributed by atoms with van der Waals surface area (Å²) in [5.41, 5.74) is 7.30. The molecule has 1 unspecified atom stereocenters. The second-order valence-corrected chi connectivity index (χ2v) is 4.24. The van der Waals surface area contributed by atoms with Crippen molar-refractivity contribution in [3.63, 3.8) is 0 Å². The predicted molar refractivity (Wildman–Crippen MR) is 67.2 cm³/mol. The Bertz CT molecular complexity index is 519. The molecule has 3 nitrogen and oxygen atoms in total. The maximum absolute atomic E-state index is 13.7. The molecular weight excluding hydrogens is 217 g/mol. The minimum Gasteiger partial charge on any atom is -0.327 e. The maximum Gasteiger partial charge on any atom is 0.151 e. The van der Waals surface area contributed by atoms with E-state index < -0.39 is 0 Å². The van der Waals surface area contributed by atoms with E-state index in [-0.39, 0.29) is 11.9 Å². The Hall–Kier alpha value is -1.42. The van der Waals surface area contributed by atoms with Gasteiger partial charge in [0, 0.05) is 6.54 Å². The summed E-state index contributed by atoms with van der Waals surface area (Å²) in [5, 5.41) is 0. The summed E-state index contributed by atoms with van der Waals surface area (Å²) in [6, 6.07) is 4.92. The second-order valence-electron chi connectivity index (χ2n) is 4.24. The van der Waals surface area contributed by atoms with Crippen molar-refractivity contribution in [2.75, 3.05) is 0 Å². The van der Waals surface area contributed by atoms with Gasteiger partial charge >= 0.3 is 0 Å². The van der Waals surface area contributed by atoms with Gasteiger partial charge in [0.2, 0.25) is 0 Å². The number of aromatic nitrogens is 2. The first-order valence-electron chi connectivity index (χ1n) is 6.09. The van der Waals surface area contributed by atoms with Gasteiger partial charge in [-0.25, -0.2) is 9.37 Å². The van der Waals surface area contributed by atoms with Crippen LogP contribution in [0.2, 0.25) is 0 Å². The number of imidazole rings is 1. The maximum atomic E-state index is 13.7. The zero-order valence-corrected chi connectivity index (χ0v) is 10.3. The SMILES string of the molecule is CCCn1c(C(N)CC)nc2c(F)cccc21. The molecular formula is C13H18FN3. The summed E-state index contributed by atoms with van der Waals surface area (Å²) in [4.78, 5) is 4.36. The molecule has 2 N–H and O–H groups in total. The molecule has 0 amide bonds. The number of aryl methyl sites for hydroxylation is 1. The van der Waals surface area contributed by atoms with Gasteiger partial charge in [-0.2, -0.15) is 0 Å². The second kappa shape index (κ2) is 4.84. The number of benzene rings is 1. The van der Waals surface area contributed by atoms with Crippen molar-refractivity contribution >= 4 is 11.0 Å². The Morgan fingerprint density at radius 2 is 2.18 bits per heavy atom. The molecule has 2 aromatic rings. The minimum atomic E-state index is -0.276. The van der Waals surface area contributed by atoms with Crippen molar-refractivity contribution in [3.8, 4) is 0 Å². The number of para-hydroxylation sites is 1. The molecule has 0 spiro atoms. The highest BCUT2D eigenvalue weighted by Gasteiger charge is 2.16. The number of hydrogen-bond acceptors (Lipinski definition) is 2. The van der Waals surface area contributed by atoms with Gasteiger partial charge in [0.15, 0.2) is 5.82 Å². The number of halogens is 1. The van der Waals surface area contributed by atoms with Crippen LogP contribution in [0.5, 0.6) is 0 Å². The lowest BCUT2D eigenvalue weighted by molar-refractivity contribution is 0.575. The van der Waals surface area contributed by atoms with Crippen molar-refractivity contribution < 1.29 is 4.39 Å². The van der Waals surface area contributed by atoms with Crippen LogP contribution in [0.1, 0.15) is 38.6 Å². The molecule has 2 rings (SSSR count). The van der Waals surface area contributed by atoms with E-state index >= 15 is 0 Å². The molecule has 92 valence electrons. The highest BCUT2D eigenvalue weighted by molar-refractivity contribution is 5.76. The molecule has 0 fully saturated rings. The molecule has 0 saturated carbocycles. The molecule has 0 aliphatic carbocycles. The Morgan fingerprint density at radius 3 is 2.82 bits per heavy atom. The van der Waals surface area contributed by atoms with E-state index in [1.807, 2.05) is 17.6 Å². The van der Waals surface area contributed by atoms with E-state index in [0.717, 1.165) is 30.7 Å². The van der Waals surface area contributed by atoms with E-state index in [1.165, 1.54) is 6.07 Å². The average Bonchev–Trinajstić information content (AvgIpc) is 2.70. The summed E-state index contributed by atoms with van der Waals surface area (Å²) in [5.74, 6) is 0.511. The van der Waals surface area contributed by atoms with Crippen molar-refractivity contribution in [1.29, 1.82) is 0 Å². The third-order valence-electron chi connectivity index (χ3n) is 2.98. The molecule has 0 aliphatic heterocycles. The third-order valence-corrected chi connectivity index (χ3v) is 2.98. The van der Waals surface area contributed by atoms with Gasteiger partial charge in [-0.15, -0.1) is 0 Å². The van der Waals surface area contributed by atoms with Crippen LogP contribution in [0.25, 0.3) is 11.0 Å². The lowest BCUT2D eigenvalue weighted by Crippen LogP contribution is -2.15. The van der Waals surface area contributed by atoms with Crippen LogP contribution in [0, 0.1) is 5.82 Å². The summed E-state index contributed by atoms with van der Waals surface area (Å²) in [7, 11) is 0. The quantitative estimate of drug-likeness (QED) is 0.885. The number of rotatable bonds is 4. The van der Waals surface area contributed by atoms with Crippen molar-refractivity contribution in [2.45, 2.75) is 39.3 Å². The van der Waals surface area contributed by atoms with Gasteiger partial charge in [-0.3, -0.25) is 0 Å². The molecule has 1 aromatic carbocycles. The first kappa shape index (κ1) is 12.0. The lowest BCUT2D eigenvalue weighted by Gasteiger charge is -2.12. The van der Waals surface area contributed by atoms with Crippen molar-refractivity contribution in [1.82, 2.24) is 9.55 Å². The third kappa shape index (κ3) is 2.05. The zero-order chi connectivity index (χ0) is 12.4. The van der Waals surface area contributed by atoms with Gasteiger partial charge in [0.1, 0.15) is 11.3 Å². The van der Waals surface area contributed by atoms with Gasteiger partial charge < -0.3 is 10.3 Å². The first-order valence-corrected chi connectivity index (χ1v) is 6.09. The molecule has 0 bridgehead atoms. The van der Waals surface area contributed by atoms with Gasteiger partial charge in [-0.05, 0) is 25.0 Å². The molecule has 17 heavy (non-hydrogen) atoms. The van der Waals surface area contributed by atoms with E-state index in [0.29, 0.717) is 5.52 Å². The largest absolute Gasteiger partial charge is 0.327 e. The van der Waals surface area contributed by atoms with Crippen LogP contribution in [-0.2, 0) is 6.54 Å².